The SMILES string of the molecule is CC(C)(N)c1noc(CSc2nc(N)cc(N)n2)n1. The third kappa shape index (κ3) is 3.55. The molecule has 0 aliphatic rings. The van der Waals surface area contributed by atoms with Crippen LogP contribution in [0.25, 0.3) is 0 Å². The first-order valence-electron chi connectivity index (χ1n) is 5.49. The lowest BCUT2D eigenvalue weighted by Gasteiger charge is -2.11. The molecule has 2 heterocycles. The highest BCUT2D eigenvalue weighted by Gasteiger charge is 2.21. The van der Waals surface area contributed by atoms with Crippen molar-refractivity contribution in [1.29, 1.82) is 0 Å². The summed E-state index contributed by atoms with van der Waals surface area (Å²) >= 11 is 1.31. The number of nitrogens with two attached hydrogens (primary N) is 3. The van der Waals surface area contributed by atoms with Gasteiger partial charge >= 0.3 is 0 Å². The van der Waals surface area contributed by atoms with Gasteiger partial charge in [0.25, 0.3) is 0 Å². The zero-order chi connectivity index (χ0) is 14.0. The van der Waals surface area contributed by atoms with Crippen LogP contribution >= 0.6 is 11.8 Å². The molecule has 2 aromatic rings. The fraction of sp³-hybridized carbons (Fsp3) is 0.400. The Kier molecular flexibility index (Phi) is 3.58. The summed E-state index contributed by atoms with van der Waals surface area (Å²) in [6.45, 7) is 3.60. The lowest BCUT2D eigenvalue weighted by Crippen LogP contribution is -2.30. The summed E-state index contributed by atoms with van der Waals surface area (Å²) in [5, 5.41) is 4.28. The molecule has 0 spiro atoms. The van der Waals surface area contributed by atoms with Crippen molar-refractivity contribution in [3.05, 3.63) is 17.8 Å². The second-order valence-electron chi connectivity index (χ2n) is 4.52. The Morgan fingerprint density at radius 3 is 2.37 bits per heavy atom. The minimum absolute atomic E-state index is 0.323. The van der Waals surface area contributed by atoms with E-state index in [0.717, 1.165) is 0 Å². The van der Waals surface area contributed by atoms with Gasteiger partial charge in [-0.2, -0.15) is 4.98 Å². The van der Waals surface area contributed by atoms with Gasteiger partial charge in [0.1, 0.15) is 11.6 Å². The smallest absolute Gasteiger partial charge is 0.237 e. The first-order valence-corrected chi connectivity index (χ1v) is 6.48. The van der Waals surface area contributed by atoms with Crippen LogP contribution < -0.4 is 17.2 Å². The Labute approximate surface area is 114 Å². The van der Waals surface area contributed by atoms with E-state index < -0.39 is 5.54 Å². The summed E-state index contributed by atoms with van der Waals surface area (Å²) in [5.41, 5.74) is 16.4. The predicted octanol–water partition coefficient (Wildman–Crippen LogP) is 0.510. The highest BCUT2D eigenvalue weighted by Crippen LogP contribution is 2.21. The maximum atomic E-state index is 5.87. The van der Waals surface area contributed by atoms with E-state index in [1.54, 1.807) is 13.8 Å². The van der Waals surface area contributed by atoms with Crippen LogP contribution in [-0.4, -0.2) is 20.1 Å². The van der Waals surface area contributed by atoms with Gasteiger partial charge in [0.2, 0.25) is 5.89 Å². The van der Waals surface area contributed by atoms with E-state index in [1.165, 1.54) is 17.8 Å². The van der Waals surface area contributed by atoms with E-state index in [4.69, 9.17) is 21.7 Å². The third-order valence-electron chi connectivity index (χ3n) is 2.11. The van der Waals surface area contributed by atoms with Gasteiger partial charge in [-0.3, -0.25) is 0 Å². The summed E-state index contributed by atoms with van der Waals surface area (Å²) in [7, 11) is 0. The molecule has 2 rings (SSSR count). The van der Waals surface area contributed by atoms with Gasteiger partial charge in [-0.1, -0.05) is 16.9 Å². The van der Waals surface area contributed by atoms with Gasteiger partial charge in [0, 0.05) is 6.07 Å². The van der Waals surface area contributed by atoms with E-state index in [1.807, 2.05) is 0 Å². The molecule has 2 aromatic heterocycles. The molecular weight excluding hydrogens is 266 g/mol. The zero-order valence-corrected chi connectivity index (χ0v) is 11.4. The molecule has 9 heteroatoms. The molecule has 0 amide bonds. The summed E-state index contributed by atoms with van der Waals surface area (Å²) < 4.78 is 5.09. The first-order chi connectivity index (χ1) is 8.84. The number of hydrogen-bond donors (Lipinski definition) is 3. The molecule has 0 fully saturated rings. The Balaban J connectivity index is 2.04. The average molecular weight is 281 g/mol. The Bertz CT molecular complexity index is 557. The van der Waals surface area contributed by atoms with Crippen LogP contribution in [0.5, 0.6) is 0 Å². The van der Waals surface area contributed by atoms with Crippen molar-refractivity contribution >= 4 is 23.4 Å². The number of aromatic nitrogens is 4. The second-order valence-corrected chi connectivity index (χ2v) is 5.46. The predicted molar refractivity (Wildman–Crippen MR) is 71.9 cm³/mol. The van der Waals surface area contributed by atoms with Gasteiger partial charge in [-0.05, 0) is 13.8 Å². The van der Waals surface area contributed by atoms with Crippen LogP contribution in [0.2, 0.25) is 0 Å². The summed E-state index contributed by atoms with van der Waals surface area (Å²) in [5.74, 6) is 1.97. The fourth-order valence-corrected chi connectivity index (χ4v) is 1.94. The molecule has 0 saturated heterocycles. The molecule has 102 valence electrons. The lowest BCUT2D eigenvalue weighted by molar-refractivity contribution is 0.369. The molecular formula is C10H15N7OS. The molecule has 19 heavy (non-hydrogen) atoms. The number of thioether (sulfide) groups is 1. The largest absolute Gasteiger partial charge is 0.383 e. The standard InChI is InChI=1S/C10H15N7OS/c1-10(2,13)8-16-7(18-17-8)4-19-9-14-5(11)3-6(12)15-9/h3H,4,13H2,1-2H3,(H4,11,12,14,15). The maximum absolute atomic E-state index is 5.87. The molecule has 0 aromatic carbocycles. The van der Waals surface area contributed by atoms with Crippen molar-refractivity contribution in [3.8, 4) is 0 Å². The number of hydrogen-bond acceptors (Lipinski definition) is 9. The van der Waals surface area contributed by atoms with E-state index in [0.29, 0.717) is 34.3 Å². The van der Waals surface area contributed by atoms with Crippen LogP contribution in [0.15, 0.2) is 15.7 Å². The average Bonchev–Trinajstić information content (AvgIpc) is 2.73. The maximum Gasteiger partial charge on any atom is 0.237 e. The van der Waals surface area contributed by atoms with E-state index in [9.17, 15) is 0 Å². The molecule has 0 unspecified atom stereocenters. The summed E-state index contributed by atoms with van der Waals surface area (Å²) in [4.78, 5) is 12.3. The molecule has 0 bridgehead atoms. The number of nitrogen functional groups attached to an aromatic ring is 2. The van der Waals surface area contributed by atoms with Gasteiger partial charge in [-0.15, -0.1) is 0 Å². The van der Waals surface area contributed by atoms with Crippen LogP contribution in [0.1, 0.15) is 25.6 Å². The minimum Gasteiger partial charge on any atom is -0.383 e. The number of nitrogens with zero attached hydrogens (tertiary/aromatic N) is 4. The van der Waals surface area contributed by atoms with Crippen molar-refractivity contribution in [2.75, 3.05) is 11.5 Å². The monoisotopic (exact) mass is 281 g/mol. The molecule has 0 aliphatic heterocycles. The number of rotatable bonds is 4. The number of anilines is 2. The first kappa shape index (κ1) is 13.6. The van der Waals surface area contributed by atoms with Crippen molar-refractivity contribution in [3.63, 3.8) is 0 Å². The molecule has 0 saturated carbocycles. The van der Waals surface area contributed by atoms with Crippen LogP contribution in [0.3, 0.4) is 0 Å². The van der Waals surface area contributed by atoms with Gasteiger partial charge in [0.15, 0.2) is 11.0 Å². The quantitative estimate of drug-likeness (QED) is 0.539. The van der Waals surface area contributed by atoms with Gasteiger partial charge in [0.05, 0.1) is 11.3 Å². The highest BCUT2D eigenvalue weighted by molar-refractivity contribution is 7.98. The molecule has 0 atom stereocenters. The van der Waals surface area contributed by atoms with E-state index in [2.05, 4.69) is 20.1 Å². The van der Waals surface area contributed by atoms with E-state index >= 15 is 0 Å². The van der Waals surface area contributed by atoms with Gasteiger partial charge in [-0.25, -0.2) is 9.97 Å². The minimum atomic E-state index is -0.634. The Morgan fingerprint density at radius 2 is 1.84 bits per heavy atom. The van der Waals surface area contributed by atoms with Crippen LogP contribution in [-0.2, 0) is 11.3 Å². The molecule has 0 radical (unpaired) electrons. The highest BCUT2D eigenvalue weighted by atomic mass is 32.2. The topological polar surface area (TPSA) is 143 Å². The molecule has 8 nitrogen and oxygen atoms in total. The van der Waals surface area contributed by atoms with Gasteiger partial charge < -0.3 is 21.7 Å². The van der Waals surface area contributed by atoms with Crippen molar-refractivity contribution in [1.82, 2.24) is 20.1 Å². The fourth-order valence-electron chi connectivity index (χ4n) is 1.23. The normalized spacial score (nSPS) is 11.7. The van der Waals surface area contributed by atoms with Crippen LogP contribution in [0.4, 0.5) is 11.6 Å². The zero-order valence-electron chi connectivity index (χ0n) is 10.6. The third-order valence-corrected chi connectivity index (χ3v) is 2.95. The van der Waals surface area contributed by atoms with E-state index in [-0.39, 0.29) is 0 Å². The Morgan fingerprint density at radius 1 is 1.21 bits per heavy atom. The summed E-state index contributed by atoms with van der Waals surface area (Å²) in [6.07, 6.45) is 0. The lowest BCUT2D eigenvalue weighted by atomic mass is 10.1. The molecule has 0 aliphatic carbocycles. The summed E-state index contributed by atoms with van der Waals surface area (Å²) in [6, 6.07) is 1.49. The van der Waals surface area contributed by atoms with Crippen molar-refractivity contribution < 1.29 is 4.52 Å². The molecule has 6 N–H and O–H groups in total. The van der Waals surface area contributed by atoms with Crippen LogP contribution in [0, 0.1) is 0 Å². The van der Waals surface area contributed by atoms with Crippen molar-refractivity contribution in [2.24, 2.45) is 5.73 Å². The van der Waals surface area contributed by atoms with Crippen molar-refractivity contribution in [2.45, 2.75) is 30.3 Å². The Hall–Kier alpha value is -1.87. The second kappa shape index (κ2) is 5.02.